The van der Waals surface area contributed by atoms with Gasteiger partial charge in [0.15, 0.2) is 0 Å². The Morgan fingerprint density at radius 3 is 2.63 bits per heavy atom. The first-order chi connectivity index (χ1) is 9.08. The van der Waals surface area contributed by atoms with E-state index in [4.69, 9.17) is 5.73 Å². The van der Waals surface area contributed by atoms with Crippen molar-refractivity contribution in [3.05, 3.63) is 17.5 Å². The van der Waals surface area contributed by atoms with E-state index < -0.39 is 0 Å². The van der Waals surface area contributed by atoms with Crippen molar-refractivity contribution >= 4 is 11.8 Å². The number of hydrogen-bond acceptors (Lipinski definition) is 4. The van der Waals surface area contributed by atoms with Crippen molar-refractivity contribution in [1.82, 2.24) is 14.7 Å². The molecule has 2 N–H and O–H groups in total. The first-order valence-corrected chi connectivity index (χ1v) is 8.41. The number of likely N-dealkylation sites (N-methyl/N-ethyl adjacent to an activating group) is 1. The minimum atomic E-state index is 0.265. The molecule has 0 aliphatic carbocycles. The van der Waals surface area contributed by atoms with Crippen LogP contribution in [-0.4, -0.2) is 46.3 Å². The van der Waals surface area contributed by atoms with Crippen LogP contribution >= 0.6 is 11.8 Å². The Bertz CT molecular complexity index is 378. The van der Waals surface area contributed by atoms with Crippen LogP contribution in [0.5, 0.6) is 0 Å². The van der Waals surface area contributed by atoms with E-state index in [9.17, 15) is 0 Å². The number of nitrogens with zero attached hydrogens (tertiary/aromatic N) is 3. The lowest BCUT2D eigenvalue weighted by atomic mass is 10.0. The van der Waals surface area contributed by atoms with Crippen LogP contribution < -0.4 is 5.73 Å². The quantitative estimate of drug-likeness (QED) is 0.794. The maximum atomic E-state index is 6.04. The first kappa shape index (κ1) is 16.5. The Hall–Kier alpha value is -0.520. The summed E-state index contributed by atoms with van der Waals surface area (Å²) < 4.78 is 1.90. The fourth-order valence-corrected chi connectivity index (χ4v) is 3.44. The zero-order valence-corrected chi connectivity index (χ0v) is 13.7. The zero-order chi connectivity index (χ0) is 14.4. The van der Waals surface area contributed by atoms with Crippen LogP contribution in [0.25, 0.3) is 0 Å². The smallest absolute Gasteiger partial charge is 0.0670 e. The van der Waals surface area contributed by atoms with Crippen molar-refractivity contribution in [2.75, 3.05) is 25.6 Å². The second-order valence-corrected chi connectivity index (χ2v) is 5.90. The molecule has 2 unspecified atom stereocenters. The lowest BCUT2D eigenvalue weighted by molar-refractivity contribution is 0.187. The molecule has 1 aromatic rings. The molecule has 1 aromatic heterocycles. The topological polar surface area (TPSA) is 47.1 Å². The molecule has 2 atom stereocenters. The van der Waals surface area contributed by atoms with Crippen LogP contribution in [0, 0.1) is 0 Å². The maximum absolute atomic E-state index is 6.04. The van der Waals surface area contributed by atoms with E-state index in [1.165, 1.54) is 11.3 Å². The highest BCUT2D eigenvalue weighted by molar-refractivity contribution is 7.98. The highest BCUT2D eigenvalue weighted by Gasteiger charge is 2.25. The van der Waals surface area contributed by atoms with E-state index in [1.807, 2.05) is 23.5 Å². The van der Waals surface area contributed by atoms with Crippen LogP contribution in [-0.2, 0) is 13.5 Å². The summed E-state index contributed by atoms with van der Waals surface area (Å²) >= 11 is 1.90. The molecule has 0 spiro atoms. The van der Waals surface area contributed by atoms with Crippen LogP contribution in [0.4, 0.5) is 0 Å². The van der Waals surface area contributed by atoms with Gasteiger partial charge in [-0.25, -0.2) is 0 Å². The number of rotatable bonds is 8. The number of aryl methyl sites for hydroxylation is 2. The van der Waals surface area contributed by atoms with Crippen LogP contribution in [0.1, 0.15) is 37.6 Å². The summed E-state index contributed by atoms with van der Waals surface area (Å²) in [7, 11) is 4.17. The molecule has 4 nitrogen and oxygen atoms in total. The summed E-state index contributed by atoms with van der Waals surface area (Å²) in [6.45, 7) is 5.04. The minimum Gasteiger partial charge on any atom is -0.329 e. The molecule has 19 heavy (non-hydrogen) atoms. The highest BCUT2D eigenvalue weighted by atomic mass is 32.2. The highest BCUT2D eigenvalue weighted by Crippen LogP contribution is 2.25. The zero-order valence-electron chi connectivity index (χ0n) is 12.9. The van der Waals surface area contributed by atoms with Gasteiger partial charge in [-0.15, -0.1) is 0 Å². The van der Waals surface area contributed by atoms with Gasteiger partial charge in [-0.05, 0) is 26.1 Å². The lowest BCUT2D eigenvalue weighted by Crippen LogP contribution is -2.40. The number of thioether (sulfide) groups is 1. The molecular formula is C14H28N4S. The second kappa shape index (κ2) is 7.92. The molecule has 0 amide bonds. The summed E-state index contributed by atoms with van der Waals surface area (Å²) in [5.74, 6) is 1.14. The van der Waals surface area contributed by atoms with E-state index in [1.54, 1.807) is 0 Å². The molecule has 0 aliphatic rings. The lowest BCUT2D eigenvalue weighted by Gasteiger charge is -2.33. The average Bonchev–Trinajstić information content (AvgIpc) is 2.77. The van der Waals surface area contributed by atoms with Gasteiger partial charge >= 0.3 is 0 Å². The molecule has 1 rings (SSSR count). The predicted octanol–water partition coefficient (Wildman–Crippen LogP) is 2.06. The van der Waals surface area contributed by atoms with Crippen molar-refractivity contribution < 1.29 is 0 Å². The van der Waals surface area contributed by atoms with Gasteiger partial charge in [0.05, 0.1) is 11.7 Å². The van der Waals surface area contributed by atoms with Crippen LogP contribution in [0.15, 0.2) is 6.20 Å². The Kier molecular flexibility index (Phi) is 6.89. The molecule has 1 heterocycles. The fourth-order valence-electron chi connectivity index (χ4n) is 2.59. The minimum absolute atomic E-state index is 0.265. The molecule has 0 radical (unpaired) electrons. The van der Waals surface area contributed by atoms with Crippen molar-refractivity contribution in [2.45, 2.75) is 38.8 Å². The van der Waals surface area contributed by atoms with Crippen molar-refractivity contribution in [2.24, 2.45) is 12.8 Å². The summed E-state index contributed by atoms with van der Waals surface area (Å²) in [4.78, 5) is 2.42. The monoisotopic (exact) mass is 284 g/mol. The molecule has 0 aromatic carbocycles. The normalized spacial score (nSPS) is 14.9. The summed E-state index contributed by atoms with van der Waals surface area (Å²) in [6, 6.07) is 0.828. The molecular weight excluding hydrogens is 256 g/mol. The van der Waals surface area contributed by atoms with Gasteiger partial charge in [0, 0.05) is 37.1 Å². The Balaban J connectivity index is 2.97. The second-order valence-electron chi connectivity index (χ2n) is 4.99. The third kappa shape index (κ3) is 3.97. The molecule has 0 aliphatic heterocycles. The largest absolute Gasteiger partial charge is 0.329 e. The average molecular weight is 284 g/mol. The Morgan fingerprint density at radius 2 is 2.16 bits per heavy atom. The van der Waals surface area contributed by atoms with Crippen molar-refractivity contribution in [3.63, 3.8) is 0 Å². The fraction of sp³-hybridized carbons (Fsp3) is 0.786. The summed E-state index contributed by atoms with van der Waals surface area (Å²) in [5.41, 5.74) is 8.50. The van der Waals surface area contributed by atoms with Gasteiger partial charge in [0.1, 0.15) is 0 Å². The van der Waals surface area contributed by atoms with Gasteiger partial charge in [-0.2, -0.15) is 16.9 Å². The van der Waals surface area contributed by atoms with Gasteiger partial charge in [-0.3, -0.25) is 9.58 Å². The summed E-state index contributed by atoms with van der Waals surface area (Å²) in [5, 5.41) is 4.54. The van der Waals surface area contributed by atoms with Gasteiger partial charge in [0.2, 0.25) is 0 Å². The first-order valence-electron chi connectivity index (χ1n) is 7.02. The Morgan fingerprint density at radius 1 is 1.47 bits per heavy atom. The van der Waals surface area contributed by atoms with E-state index >= 15 is 0 Å². The SMILES string of the molecule is CCc1nn(C)cc1C(CN)N(C)C(CC)CSC. The maximum Gasteiger partial charge on any atom is 0.0670 e. The molecule has 0 saturated carbocycles. The summed E-state index contributed by atoms with van der Waals surface area (Å²) in [6.07, 6.45) is 6.39. The van der Waals surface area contributed by atoms with Crippen LogP contribution in [0.2, 0.25) is 0 Å². The number of hydrogen-bond donors (Lipinski definition) is 1. The number of aromatic nitrogens is 2. The van der Waals surface area contributed by atoms with Gasteiger partial charge in [0.25, 0.3) is 0 Å². The Labute approximate surface area is 121 Å². The number of nitrogens with two attached hydrogens (primary N) is 1. The van der Waals surface area contributed by atoms with E-state index in [0.29, 0.717) is 12.6 Å². The van der Waals surface area contributed by atoms with E-state index in [2.05, 4.69) is 43.3 Å². The molecule has 0 saturated heterocycles. The third-order valence-corrected chi connectivity index (χ3v) is 4.47. The predicted molar refractivity (Wildman–Crippen MR) is 84.6 cm³/mol. The molecule has 0 bridgehead atoms. The van der Waals surface area contributed by atoms with E-state index in [-0.39, 0.29) is 6.04 Å². The molecule has 5 heteroatoms. The van der Waals surface area contributed by atoms with Crippen LogP contribution in [0.3, 0.4) is 0 Å². The third-order valence-electron chi connectivity index (χ3n) is 3.75. The molecule has 0 fully saturated rings. The van der Waals surface area contributed by atoms with E-state index in [0.717, 1.165) is 18.6 Å². The molecule has 110 valence electrons. The van der Waals surface area contributed by atoms with Crippen molar-refractivity contribution in [3.8, 4) is 0 Å². The standard InChI is InChI=1S/C14H28N4S/c1-6-11(10-19-5)18(4)14(8-15)12-9-17(3)16-13(12)7-2/h9,11,14H,6-8,10,15H2,1-5H3. The van der Waals surface area contributed by atoms with Gasteiger partial charge < -0.3 is 5.73 Å². The van der Waals surface area contributed by atoms with Crippen molar-refractivity contribution in [1.29, 1.82) is 0 Å². The van der Waals surface area contributed by atoms with Gasteiger partial charge in [-0.1, -0.05) is 13.8 Å².